The lowest BCUT2D eigenvalue weighted by molar-refractivity contribution is -0.0255. The smallest absolute Gasteiger partial charge is 0.156 e. The van der Waals surface area contributed by atoms with Crippen molar-refractivity contribution in [1.29, 1.82) is 5.26 Å². The fourth-order valence-electron chi connectivity index (χ4n) is 2.34. The molecular formula is C12H23NO. The van der Waals surface area contributed by atoms with Gasteiger partial charge in [0.15, 0.2) is 5.60 Å². The molecular weight excluding hydrogens is 174 g/mol. The average Bonchev–Trinajstić information content (AvgIpc) is 2.21. The predicted molar refractivity (Wildman–Crippen MR) is 58.7 cm³/mol. The fourth-order valence-corrected chi connectivity index (χ4v) is 2.34. The highest BCUT2D eigenvalue weighted by atomic mass is 16.3. The molecule has 0 aliphatic rings. The zero-order valence-electron chi connectivity index (χ0n) is 9.88. The molecule has 0 spiro atoms. The van der Waals surface area contributed by atoms with Gasteiger partial charge in [-0.15, -0.1) is 0 Å². The molecule has 2 nitrogen and oxygen atoms in total. The molecule has 0 aliphatic carbocycles. The number of rotatable bonds is 6. The lowest BCUT2D eigenvalue weighted by atomic mass is 9.73. The molecule has 0 aromatic rings. The number of hydrogen-bond donors (Lipinski definition) is 1. The molecule has 0 unspecified atom stereocenters. The molecule has 1 N–H and O–H groups in total. The summed E-state index contributed by atoms with van der Waals surface area (Å²) >= 11 is 0. The van der Waals surface area contributed by atoms with Gasteiger partial charge in [0.05, 0.1) is 6.07 Å². The summed E-state index contributed by atoms with van der Waals surface area (Å²) < 4.78 is 0. The average molecular weight is 197 g/mol. The molecule has 14 heavy (non-hydrogen) atoms. The Bertz CT molecular complexity index is 175. The highest BCUT2D eigenvalue weighted by Crippen LogP contribution is 2.34. The van der Waals surface area contributed by atoms with Gasteiger partial charge in [0, 0.05) is 11.8 Å². The van der Waals surface area contributed by atoms with Gasteiger partial charge in [0.25, 0.3) is 0 Å². The summed E-state index contributed by atoms with van der Waals surface area (Å²) in [6.45, 7) is 8.16. The lowest BCUT2D eigenvalue weighted by Gasteiger charge is -2.35. The van der Waals surface area contributed by atoms with Crippen LogP contribution in [0.3, 0.4) is 0 Å². The second kappa shape index (κ2) is 6.03. The van der Waals surface area contributed by atoms with Gasteiger partial charge >= 0.3 is 0 Å². The van der Waals surface area contributed by atoms with Crippen LogP contribution in [0.5, 0.6) is 0 Å². The monoisotopic (exact) mass is 197 g/mol. The molecule has 0 aromatic heterocycles. The highest BCUT2D eigenvalue weighted by Gasteiger charge is 2.40. The molecule has 0 bridgehead atoms. The van der Waals surface area contributed by atoms with Crippen LogP contribution in [0.4, 0.5) is 0 Å². The number of aliphatic hydroxyl groups is 1. The van der Waals surface area contributed by atoms with E-state index < -0.39 is 5.60 Å². The first kappa shape index (κ1) is 13.4. The number of nitrogens with zero attached hydrogens (tertiary/aromatic N) is 1. The maximum Gasteiger partial charge on any atom is 0.156 e. The van der Waals surface area contributed by atoms with Crippen molar-refractivity contribution >= 4 is 0 Å². The van der Waals surface area contributed by atoms with E-state index >= 15 is 0 Å². The molecule has 0 amide bonds. The summed E-state index contributed by atoms with van der Waals surface area (Å²) in [5.74, 6) is 0.217. The summed E-state index contributed by atoms with van der Waals surface area (Å²) in [7, 11) is 0. The minimum Gasteiger partial charge on any atom is -0.375 e. The lowest BCUT2D eigenvalue weighted by Crippen LogP contribution is -2.43. The third-order valence-electron chi connectivity index (χ3n) is 3.40. The molecule has 0 saturated carbocycles. The molecule has 0 heterocycles. The SMILES string of the molecule is CCC(CC)C(O)(C#N)C(CC)CC. The molecule has 0 fully saturated rings. The van der Waals surface area contributed by atoms with Crippen LogP contribution < -0.4 is 0 Å². The predicted octanol–water partition coefficient (Wildman–Crippen LogP) is 3.11. The van der Waals surface area contributed by atoms with Crippen LogP contribution >= 0.6 is 0 Å². The second-order valence-corrected chi connectivity index (χ2v) is 3.96. The van der Waals surface area contributed by atoms with E-state index in [1.807, 2.05) is 27.7 Å². The summed E-state index contributed by atoms with van der Waals surface area (Å²) in [5.41, 5.74) is -1.12. The maximum atomic E-state index is 10.4. The molecule has 2 heteroatoms. The van der Waals surface area contributed by atoms with Crippen LogP contribution in [0.1, 0.15) is 53.4 Å². The molecule has 0 aliphatic heterocycles. The summed E-state index contributed by atoms with van der Waals surface area (Å²) in [6.07, 6.45) is 3.49. The van der Waals surface area contributed by atoms with Gasteiger partial charge < -0.3 is 5.11 Å². The Balaban J connectivity index is 4.85. The Kier molecular flexibility index (Phi) is 5.79. The molecule has 0 aromatic carbocycles. The van der Waals surface area contributed by atoms with Crippen LogP contribution in [-0.2, 0) is 0 Å². The molecule has 82 valence electrons. The van der Waals surface area contributed by atoms with Gasteiger partial charge in [-0.1, -0.05) is 27.7 Å². The number of nitriles is 1. The fraction of sp³-hybridized carbons (Fsp3) is 0.917. The zero-order chi connectivity index (χ0) is 11.2. The van der Waals surface area contributed by atoms with E-state index in [9.17, 15) is 5.11 Å². The summed E-state index contributed by atoms with van der Waals surface area (Å²) in [6, 6.07) is 2.14. The topological polar surface area (TPSA) is 44.0 Å². The van der Waals surface area contributed by atoms with E-state index in [4.69, 9.17) is 5.26 Å². The van der Waals surface area contributed by atoms with Crippen molar-refractivity contribution in [3.05, 3.63) is 0 Å². The van der Waals surface area contributed by atoms with Gasteiger partial charge in [0.1, 0.15) is 0 Å². The molecule has 0 rings (SSSR count). The highest BCUT2D eigenvalue weighted by molar-refractivity contribution is 5.07. The van der Waals surface area contributed by atoms with Gasteiger partial charge in [-0.2, -0.15) is 5.26 Å². The Labute approximate surface area is 87.9 Å². The largest absolute Gasteiger partial charge is 0.375 e. The van der Waals surface area contributed by atoms with Crippen molar-refractivity contribution in [1.82, 2.24) is 0 Å². The van der Waals surface area contributed by atoms with Crippen molar-refractivity contribution in [3.8, 4) is 6.07 Å². The summed E-state index contributed by atoms with van der Waals surface area (Å²) in [5, 5.41) is 19.5. The standard InChI is InChI=1S/C12H23NO/c1-5-10(6-2)12(14,9-13)11(7-3)8-4/h10-11,14H,5-8H2,1-4H3. The van der Waals surface area contributed by atoms with Crippen molar-refractivity contribution in [2.24, 2.45) is 11.8 Å². The number of hydrogen-bond acceptors (Lipinski definition) is 2. The minimum atomic E-state index is -1.12. The van der Waals surface area contributed by atoms with Crippen LogP contribution in [-0.4, -0.2) is 10.7 Å². The normalized spacial score (nSPS) is 12.1. The van der Waals surface area contributed by atoms with Crippen molar-refractivity contribution < 1.29 is 5.11 Å². The first-order chi connectivity index (χ1) is 6.60. The third-order valence-corrected chi connectivity index (χ3v) is 3.40. The van der Waals surface area contributed by atoms with E-state index in [1.54, 1.807) is 0 Å². The van der Waals surface area contributed by atoms with Crippen LogP contribution in [0.15, 0.2) is 0 Å². The van der Waals surface area contributed by atoms with Gasteiger partial charge in [0.2, 0.25) is 0 Å². The first-order valence-electron chi connectivity index (χ1n) is 5.74. The van der Waals surface area contributed by atoms with E-state index in [0.717, 1.165) is 25.7 Å². The first-order valence-corrected chi connectivity index (χ1v) is 5.74. The van der Waals surface area contributed by atoms with Gasteiger partial charge in [-0.3, -0.25) is 0 Å². The zero-order valence-corrected chi connectivity index (χ0v) is 9.88. The minimum absolute atomic E-state index is 0.109. The van der Waals surface area contributed by atoms with E-state index in [-0.39, 0.29) is 11.8 Å². The maximum absolute atomic E-state index is 10.4. The molecule has 0 radical (unpaired) electrons. The Morgan fingerprint density at radius 2 is 1.29 bits per heavy atom. The molecule has 0 saturated heterocycles. The Morgan fingerprint density at radius 3 is 1.43 bits per heavy atom. The van der Waals surface area contributed by atoms with Crippen molar-refractivity contribution in [2.45, 2.75) is 59.0 Å². The van der Waals surface area contributed by atoms with E-state index in [0.29, 0.717) is 0 Å². The van der Waals surface area contributed by atoms with Crippen molar-refractivity contribution in [2.75, 3.05) is 0 Å². The van der Waals surface area contributed by atoms with E-state index in [1.165, 1.54) is 0 Å². The van der Waals surface area contributed by atoms with E-state index in [2.05, 4.69) is 6.07 Å². The van der Waals surface area contributed by atoms with Gasteiger partial charge in [-0.25, -0.2) is 0 Å². The second-order valence-electron chi connectivity index (χ2n) is 3.96. The third kappa shape index (κ3) is 2.48. The quantitative estimate of drug-likeness (QED) is 0.665. The Hall–Kier alpha value is -0.550. The van der Waals surface area contributed by atoms with Crippen LogP contribution in [0.25, 0.3) is 0 Å². The van der Waals surface area contributed by atoms with Crippen LogP contribution in [0.2, 0.25) is 0 Å². The van der Waals surface area contributed by atoms with Crippen molar-refractivity contribution in [3.63, 3.8) is 0 Å². The molecule has 0 atom stereocenters. The summed E-state index contributed by atoms with van der Waals surface area (Å²) in [4.78, 5) is 0. The van der Waals surface area contributed by atoms with Crippen LogP contribution in [0, 0.1) is 23.2 Å². The Morgan fingerprint density at radius 1 is 1.00 bits per heavy atom. The van der Waals surface area contributed by atoms with Gasteiger partial charge in [-0.05, 0) is 25.7 Å².